The Labute approximate surface area is 161 Å². The molecule has 5 rings (SSSR count). The zero-order valence-corrected chi connectivity index (χ0v) is 15.5. The van der Waals surface area contributed by atoms with Crippen molar-refractivity contribution in [3.05, 3.63) is 48.5 Å². The number of para-hydroxylation sites is 2. The predicted molar refractivity (Wildman–Crippen MR) is 105 cm³/mol. The van der Waals surface area contributed by atoms with Gasteiger partial charge in [0, 0.05) is 31.6 Å². The lowest BCUT2D eigenvalue weighted by Gasteiger charge is -2.37. The summed E-state index contributed by atoms with van der Waals surface area (Å²) in [6.07, 6.45) is -0.577. The summed E-state index contributed by atoms with van der Waals surface area (Å²) in [4.78, 5) is 17.0. The van der Waals surface area contributed by atoms with E-state index in [1.807, 2.05) is 41.3 Å². The zero-order chi connectivity index (χ0) is 18.2. The van der Waals surface area contributed by atoms with Crippen molar-refractivity contribution >= 4 is 33.3 Å². The van der Waals surface area contributed by atoms with Gasteiger partial charge in [0.1, 0.15) is 12.4 Å². The minimum atomic E-state index is -0.577. The maximum atomic E-state index is 12.9. The second kappa shape index (κ2) is 6.74. The standard InChI is InChI=1S/C20H19N3O3S/c24-20(17-13-25-15-6-2-3-7-16(15)26-17)23-11-9-22(10-12-23)19-14-5-1-4-8-18(14)27-21-19/h1-8,17H,9-13H2. The van der Waals surface area contributed by atoms with Crippen molar-refractivity contribution < 1.29 is 14.3 Å². The highest BCUT2D eigenvalue weighted by molar-refractivity contribution is 7.13. The molecular weight excluding hydrogens is 362 g/mol. The molecule has 0 radical (unpaired) electrons. The van der Waals surface area contributed by atoms with Crippen LogP contribution >= 0.6 is 11.5 Å². The maximum absolute atomic E-state index is 12.9. The van der Waals surface area contributed by atoms with E-state index >= 15 is 0 Å². The van der Waals surface area contributed by atoms with E-state index in [0.29, 0.717) is 24.6 Å². The first kappa shape index (κ1) is 16.4. The number of amides is 1. The van der Waals surface area contributed by atoms with Gasteiger partial charge >= 0.3 is 0 Å². The summed E-state index contributed by atoms with van der Waals surface area (Å²) in [5.74, 6) is 2.35. The fourth-order valence-corrected chi connectivity index (χ4v) is 4.38. The Bertz CT molecular complexity index is 981. The number of carbonyl (C=O) groups is 1. The van der Waals surface area contributed by atoms with E-state index in [1.54, 1.807) is 0 Å². The molecule has 2 aromatic carbocycles. The Balaban J connectivity index is 1.25. The summed E-state index contributed by atoms with van der Waals surface area (Å²) >= 11 is 1.52. The summed E-state index contributed by atoms with van der Waals surface area (Å²) < 4.78 is 17.4. The Morgan fingerprint density at radius 3 is 2.59 bits per heavy atom. The van der Waals surface area contributed by atoms with Crippen LogP contribution in [0, 0.1) is 0 Å². The van der Waals surface area contributed by atoms with Gasteiger partial charge in [-0.25, -0.2) is 0 Å². The Morgan fingerprint density at radius 1 is 1.00 bits per heavy atom. The largest absolute Gasteiger partial charge is 0.485 e. The van der Waals surface area contributed by atoms with E-state index in [0.717, 1.165) is 18.9 Å². The van der Waals surface area contributed by atoms with Gasteiger partial charge in [-0.15, -0.1) is 0 Å². The van der Waals surface area contributed by atoms with Gasteiger partial charge < -0.3 is 19.3 Å². The Morgan fingerprint density at radius 2 is 1.74 bits per heavy atom. The van der Waals surface area contributed by atoms with E-state index in [2.05, 4.69) is 21.4 Å². The van der Waals surface area contributed by atoms with Crippen LogP contribution in [0.1, 0.15) is 0 Å². The second-order valence-electron chi connectivity index (χ2n) is 6.68. The van der Waals surface area contributed by atoms with Crippen molar-refractivity contribution in [1.82, 2.24) is 9.27 Å². The SMILES string of the molecule is O=C(C1COc2ccccc2O1)N1CCN(c2nsc3ccccc23)CC1. The molecule has 1 aromatic heterocycles. The van der Waals surface area contributed by atoms with Crippen molar-refractivity contribution in [3.63, 3.8) is 0 Å². The molecule has 0 spiro atoms. The van der Waals surface area contributed by atoms with Gasteiger partial charge in [0.15, 0.2) is 11.5 Å². The van der Waals surface area contributed by atoms with Gasteiger partial charge in [-0.05, 0) is 35.8 Å². The minimum absolute atomic E-state index is 0.00714. The van der Waals surface area contributed by atoms with E-state index in [-0.39, 0.29) is 12.5 Å². The van der Waals surface area contributed by atoms with Crippen LogP contribution in [0.2, 0.25) is 0 Å². The van der Waals surface area contributed by atoms with Crippen LogP contribution in [0.3, 0.4) is 0 Å². The Kier molecular flexibility index (Phi) is 4.09. The summed E-state index contributed by atoms with van der Waals surface area (Å²) in [5, 5.41) is 1.18. The highest BCUT2D eigenvalue weighted by atomic mass is 32.1. The number of piperazine rings is 1. The number of anilines is 1. The number of fused-ring (bicyclic) bond motifs is 2. The molecule has 0 N–H and O–H groups in total. The van der Waals surface area contributed by atoms with Gasteiger partial charge in [0.2, 0.25) is 6.10 Å². The first-order valence-electron chi connectivity index (χ1n) is 9.06. The Hall–Kier alpha value is -2.80. The molecule has 7 heteroatoms. The van der Waals surface area contributed by atoms with Crippen LogP contribution in [-0.2, 0) is 4.79 Å². The van der Waals surface area contributed by atoms with E-state index < -0.39 is 6.10 Å². The molecule has 3 aromatic rings. The lowest BCUT2D eigenvalue weighted by atomic mass is 10.2. The summed E-state index contributed by atoms with van der Waals surface area (Å²) in [5.41, 5.74) is 0. The van der Waals surface area contributed by atoms with Gasteiger partial charge in [-0.2, -0.15) is 4.37 Å². The zero-order valence-electron chi connectivity index (χ0n) is 14.7. The third-order valence-electron chi connectivity index (χ3n) is 5.03. The third kappa shape index (κ3) is 2.98. The van der Waals surface area contributed by atoms with Gasteiger partial charge in [-0.3, -0.25) is 4.79 Å². The first-order chi connectivity index (χ1) is 13.3. The second-order valence-corrected chi connectivity index (χ2v) is 7.48. The van der Waals surface area contributed by atoms with Crippen molar-refractivity contribution in [1.29, 1.82) is 0 Å². The van der Waals surface area contributed by atoms with Crippen molar-refractivity contribution in [3.8, 4) is 11.5 Å². The highest BCUT2D eigenvalue weighted by Crippen LogP contribution is 2.32. The van der Waals surface area contributed by atoms with Crippen molar-refractivity contribution in [2.24, 2.45) is 0 Å². The molecule has 1 amide bonds. The molecule has 0 bridgehead atoms. The van der Waals surface area contributed by atoms with Gasteiger partial charge in [0.25, 0.3) is 5.91 Å². The number of nitrogens with zero attached hydrogens (tertiary/aromatic N) is 3. The van der Waals surface area contributed by atoms with Gasteiger partial charge in [0.05, 0.1) is 4.70 Å². The maximum Gasteiger partial charge on any atom is 0.267 e. The number of ether oxygens (including phenoxy) is 2. The molecule has 1 saturated heterocycles. The van der Waals surface area contributed by atoms with Crippen LogP contribution in [0.15, 0.2) is 48.5 Å². The fraction of sp³-hybridized carbons (Fsp3) is 0.300. The lowest BCUT2D eigenvalue weighted by molar-refractivity contribution is -0.141. The average molecular weight is 381 g/mol. The smallest absolute Gasteiger partial charge is 0.267 e. The van der Waals surface area contributed by atoms with Crippen molar-refractivity contribution in [2.45, 2.75) is 6.10 Å². The van der Waals surface area contributed by atoms with Gasteiger partial charge in [-0.1, -0.05) is 24.3 Å². The minimum Gasteiger partial charge on any atom is -0.485 e. The molecule has 1 fully saturated rings. The summed E-state index contributed by atoms with van der Waals surface area (Å²) in [7, 11) is 0. The molecule has 1 atom stereocenters. The molecular formula is C20H19N3O3S. The predicted octanol–water partition coefficient (Wildman–Crippen LogP) is 2.78. The number of hydrogen-bond donors (Lipinski definition) is 0. The number of carbonyl (C=O) groups excluding carboxylic acids is 1. The molecule has 2 aliphatic heterocycles. The summed E-state index contributed by atoms with van der Waals surface area (Å²) in [6, 6.07) is 15.7. The third-order valence-corrected chi connectivity index (χ3v) is 5.85. The summed E-state index contributed by atoms with van der Waals surface area (Å²) in [6.45, 7) is 3.11. The van der Waals surface area contributed by atoms with Crippen LogP contribution in [0.4, 0.5) is 5.82 Å². The number of hydrogen-bond acceptors (Lipinski definition) is 6. The highest BCUT2D eigenvalue weighted by Gasteiger charge is 2.33. The molecule has 1 unspecified atom stereocenters. The normalized spacial score (nSPS) is 19.3. The molecule has 138 valence electrons. The number of aromatic nitrogens is 1. The molecule has 0 aliphatic carbocycles. The van der Waals surface area contributed by atoms with Crippen molar-refractivity contribution in [2.75, 3.05) is 37.7 Å². The average Bonchev–Trinajstić information content (AvgIpc) is 3.17. The van der Waals surface area contributed by atoms with Crippen LogP contribution in [0.25, 0.3) is 10.1 Å². The van der Waals surface area contributed by atoms with E-state index in [4.69, 9.17) is 9.47 Å². The molecule has 3 heterocycles. The molecule has 2 aliphatic rings. The fourth-order valence-electron chi connectivity index (χ4n) is 3.58. The number of benzene rings is 2. The van der Waals surface area contributed by atoms with Crippen LogP contribution < -0.4 is 14.4 Å². The topological polar surface area (TPSA) is 54.9 Å². The molecule has 0 saturated carbocycles. The number of rotatable bonds is 2. The molecule has 6 nitrogen and oxygen atoms in total. The van der Waals surface area contributed by atoms with E-state index in [1.165, 1.54) is 21.6 Å². The lowest BCUT2D eigenvalue weighted by Crippen LogP contribution is -2.54. The first-order valence-corrected chi connectivity index (χ1v) is 9.83. The van der Waals surface area contributed by atoms with Crippen LogP contribution in [0.5, 0.6) is 11.5 Å². The van der Waals surface area contributed by atoms with E-state index in [9.17, 15) is 4.79 Å². The molecule has 27 heavy (non-hydrogen) atoms. The monoisotopic (exact) mass is 381 g/mol. The van der Waals surface area contributed by atoms with Crippen LogP contribution in [-0.4, -0.2) is 54.1 Å². The quantitative estimate of drug-likeness (QED) is 0.683.